The lowest BCUT2D eigenvalue weighted by atomic mass is 10.1. The summed E-state index contributed by atoms with van der Waals surface area (Å²) in [4.78, 5) is 15.7. The van der Waals surface area contributed by atoms with Gasteiger partial charge in [0, 0.05) is 24.4 Å². The minimum Gasteiger partial charge on any atom is -0.588 e. The van der Waals surface area contributed by atoms with E-state index in [0.717, 1.165) is 37.9 Å². The Bertz CT molecular complexity index is 758. The minimum absolute atomic E-state index is 0.136. The molecule has 4 aliphatic rings. The summed E-state index contributed by atoms with van der Waals surface area (Å²) < 4.78 is 26.5. The molecule has 1 saturated heterocycles. The van der Waals surface area contributed by atoms with Gasteiger partial charge in [0.25, 0.3) is 11.7 Å². The van der Waals surface area contributed by atoms with Crippen molar-refractivity contribution >= 4 is 23.0 Å². The molecule has 138 valence electrons. The fourth-order valence-corrected chi connectivity index (χ4v) is 4.96. The molecule has 3 heterocycles. The number of hydrogen-bond donors (Lipinski definition) is 0. The predicted molar refractivity (Wildman–Crippen MR) is 96.6 cm³/mol. The third-order valence-electron chi connectivity index (χ3n) is 5.38. The normalized spacial score (nSPS) is 25.2. The number of ether oxygens (including phenoxy) is 2. The first kappa shape index (κ1) is 16.6. The summed E-state index contributed by atoms with van der Waals surface area (Å²) in [6.45, 7) is 2.43. The van der Waals surface area contributed by atoms with Crippen molar-refractivity contribution in [2.75, 3.05) is 31.2 Å². The Balaban J connectivity index is 1.54. The van der Waals surface area contributed by atoms with E-state index in [2.05, 4.69) is 0 Å². The van der Waals surface area contributed by atoms with E-state index in [1.54, 1.807) is 4.90 Å². The Hall–Kier alpha value is -1.54. The molecular formula is C19H22N2O4S. The fourth-order valence-electron chi connectivity index (χ4n) is 3.82. The number of fused-ring (bicyclic) bond motifs is 2. The average Bonchev–Trinajstić information content (AvgIpc) is 3.28. The molecule has 6 nitrogen and oxygen atoms in total. The van der Waals surface area contributed by atoms with E-state index >= 15 is 0 Å². The predicted octanol–water partition coefficient (Wildman–Crippen LogP) is 2.27. The summed E-state index contributed by atoms with van der Waals surface area (Å²) in [5, 5.41) is 0. The molecule has 1 saturated carbocycles. The molecule has 0 bridgehead atoms. The second kappa shape index (κ2) is 6.27. The molecule has 2 fully saturated rings. The monoisotopic (exact) mass is 374 g/mol. The van der Waals surface area contributed by atoms with Crippen molar-refractivity contribution < 1.29 is 18.8 Å². The first-order valence-corrected chi connectivity index (χ1v) is 10.4. The van der Waals surface area contributed by atoms with Crippen molar-refractivity contribution in [3.63, 3.8) is 0 Å². The molecule has 0 radical (unpaired) electrons. The zero-order chi connectivity index (χ0) is 17.7. The van der Waals surface area contributed by atoms with E-state index in [1.807, 2.05) is 34.8 Å². The van der Waals surface area contributed by atoms with Gasteiger partial charge >= 0.3 is 0 Å². The highest BCUT2D eigenvalue weighted by atomic mass is 32.2. The van der Waals surface area contributed by atoms with Gasteiger partial charge in [0.1, 0.15) is 11.4 Å². The van der Waals surface area contributed by atoms with Crippen molar-refractivity contribution in [3.8, 4) is 0 Å². The van der Waals surface area contributed by atoms with Crippen LogP contribution in [0.3, 0.4) is 0 Å². The zero-order valence-electron chi connectivity index (χ0n) is 14.6. The maximum atomic E-state index is 13.2. The molecule has 1 atom stereocenters. The van der Waals surface area contributed by atoms with E-state index in [4.69, 9.17) is 9.47 Å². The number of anilines is 1. The molecule has 1 aliphatic carbocycles. The SMILES string of the molecule is O=C1N(CC2CC2)c2ccc([S+]([O-])N3C=CCC3)cc2C12OCCCO2. The molecule has 26 heavy (non-hydrogen) atoms. The number of hydrogen-bond acceptors (Lipinski definition) is 5. The lowest BCUT2D eigenvalue weighted by Crippen LogP contribution is -2.47. The summed E-state index contributed by atoms with van der Waals surface area (Å²) in [7, 11) is 0. The van der Waals surface area contributed by atoms with Crippen LogP contribution in [-0.4, -0.2) is 41.1 Å². The molecule has 5 rings (SSSR count). The summed E-state index contributed by atoms with van der Waals surface area (Å²) in [5.41, 5.74) is 1.54. The molecule has 3 aliphatic heterocycles. The second-order valence-corrected chi connectivity index (χ2v) is 8.71. The highest BCUT2D eigenvalue weighted by Crippen LogP contribution is 2.47. The summed E-state index contributed by atoms with van der Waals surface area (Å²) >= 11 is -1.29. The van der Waals surface area contributed by atoms with Crippen LogP contribution in [-0.2, 0) is 31.4 Å². The van der Waals surface area contributed by atoms with Crippen LogP contribution in [0.2, 0.25) is 0 Å². The van der Waals surface area contributed by atoms with Gasteiger partial charge in [0.2, 0.25) is 0 Å². The molecular weight excluding hydrogens is 352 g/mol. The van der Waals surface area contributed by atoms with Crippen molar-refractivity contribution in [2.45, 2.75) is 36.4 Å². The van der Waals surface area contributed by atoms with E-state index in [-0.39, 0.29) is 5.91 Å². The van der Waals surface area contributed by atoms with Gasteiger partial charge in [-0.2, -0.15) is 4.31 Å². The Kier molecular flexibility index (Phi) is 4.01. The van der Waals surface area contributed by atoms with Gasteiger partial charge in [0.05, 0.1) is 25.4 Å². The third kappa shape index (κ3) is 2.57. The first-order valence-electron chi connectivity index (χ1n) is 9.29. The van der Waals surface area contributed by atoms with Crippen LogP contribution >= 0.6 is 0 Å². The first-order chi connectivity index (χ1) is 12.7. The molecule has 1 unspecified atom stereocenters. The van der Waals surface area contributed by atoms with Gasteiger partial charge in [-0.1, -0.05) is 6.08 Å². The number of carbonyl (C=O) groups excluding carboxylic acids is 1. The zero-order valence-corrected chi connectivity index (χ0v) is 15.4. The number of carbonyl (C=O) groups is 1. The van der Waals surface area contributed by atoms with Gasteiger partial charge < -0.3 is 18.9 Å². The lowest BCUT2D eigenvalue weighted by Gasteiger charge is -2.32. The summed E-state index contributed by atoms with van der Waals surface area (Å²) in [5.74, 6) is -0.930. The van der Waals surface area contributed by atoms with E-state index in [0.29, 0.717) is 36.1 Å². The Morgan fingerprint density at radius 2 is 2.08 bits per heavy atom. The maximum Gasteiger partial charge on any atom is 0.292 e. The van der Waals surface area contributed by atoms with E-state index in [1.165, 1.54) is 0 Å². The minimum atomic E-state index is -1.36. The van der Waals surface area contributed by atoms with Crippen LogP contribution in [0.5, 0.6) is 0 Å². The number of benzene rings is 1. The van der Waals surface area contributed by atoms with Crippen LogP contribution in [0.25, 0.3) is 0 Å². The Morgan fingerprint density at radius 3 is 2.77 bits per heavy atom. The average molecular weight is 374 g/mol. The smallest absolute Gasteiger partial charge is 0.292 e. The molecule has 1 aromatic carbocycles. The largest absolute Gasteiger partial charge is 0.588 e. The van der Waals surface area contributed by atoms with Gasteiger partial charge in [-0.05, 0) is 43.7 Å². The van der Waals surface area contributed by atoms with Crippen molar-refractivity contribution in [1.29, 1.82) is 0 Å². The van der Waals surface area contributed by atoms with Gasteiger partial charge in [-0.15, -0.1) is 0 Å². The summed E-state index contributed by atoms with van der Waals surface area (Å²) in [6.07, 6.45) is 7.89. The van der Waals surface area contributed by atoms with Crippen molar-refractivity contribution in [1.82, 2.24) is 4.31 Å². The number of rotatable bonds is 4. The van der Waals surface area contributed by atoms with Crippen LogP contribution < -0.4 is 4.90 Å². The molecule has 1 amide bonds. The summed E-state index contributed by atoms with van der Waals surface area (Å²) in [6, 6.07) is 5.60. The van der Waals surface area contributed by atoms with E-state index in [9.17, 15) is 9.35 Å². The molecule has 0 N–H and O–H groups in total. The third-order valence-corrected chi connectivity index (χ3v) is 6.77. The van der Waals surface area contributed by atoms with Gasteiger partial charge in [-0.3, -0.25) is 4.79 Å². The number of amides is 1. The second-order valence-electron chi connectivity index (χ2n) is 7.27. The van der Waals surface area contributed by atoms with Gasteiger partial charge in [-0.25, -0.2) is 0 Å². The van der Waals surface area contributed by atoms with Crippen molar-refractivity contribution in [2.24, 2.45) is 5.92 Å². The fraction of sp³-hybridized carbons (Fsp3) is 0.526. The van der Waals surface area contributed by atoms with Crippen LogP contribution in [0, 0.1) is 5.92 Å². The molecule has 7 heteroatoms. The lowest BCUT2D eigenvalue weighted by molar-refractivity contribution is -0.256. The standard InChI is InChI=1S/C19H22N2O4S/c22-18-19(24-10-3-11-25-19)16-12-15(26(23)20-8-1-2-9-20)6-7-17(16)21(18)13-14-4-5-14/h1,6-8,12,14H,2-5,9-11,13H2. The van der Waals surface area contributed by atoms with Gasteiger partial charge in [0.15, 0.2) is 4.90 Å². The molecule has 1 spiro atoms. The van der Waals surface area contributed by atoms with E-state index < -0.39 is 17.1 Å². The van der Waals surface area contributed by atoms with Crippen LogP contribution in [0.4, 0.5) is 5.69 Å². The number of nitrogens with zero attached hydrogens (tertiary/aromatic N) is 2. The quantitative estimate of drug-likeness (QED) is 0.757. The topological polar surface area (TPSA) is 65.1 Å². The highest BCUT2D eigenvalue weighted by molar-refractivity contribution is 7.89. The Morgan fingerprint density at radius 1 is 1.27 bits per heavy atom. The maximum absolute atomic E-state index is 13.2. The molecule has 1 aromatic rings. The highest BCUT2D eigenvalue weighted by Gasteiger charge is 2.56. The van der Waals surface area contributed by atoms with Crippen LogP contribution in [0.15, 0.2) is 35.4 Å². The Labute approximate surface area is 156 Å². The molecule has 0 aromatic heterocycles. The van der Waals surface area contributed by atoms with Crippen molar-refractivity contribution in [3.05, 3.63) is 36.0 Å². The van der Waals surface area contributed by atoms with Crippen LogP contribution in [0.1, 0.15) is 31.2 Å².